The SMILES string of the molecule is Cc1nc(C(=O)N2CCOCC2C(N)=O)n[nH]1. The van der Waals surface area contributed by atoms with Crippen molar-refractivity contribution in [2.45, 2.75) is 13.0 Å². The first-order chi connectivity index (χ1) is 8.09. The Kier molecular flexibility index (Phi) is 3.05. The van der Waals surface area contributed by atoms with Crippen molar-refractivity contribution in [2.24, 2.45) is 5.73 Å². The third-order valence-corrected chi connectivity index (χ3v) is 2.51. The molecule has 0 spiro atoms. The fourth-order valence-corrected chi connectivity index (χ4v) is 1.65. The van der Waals surface area contributed by atoms with E-state index in [9.17, 15) is 9.59 Å². The number of rotatable bonds is 2. The topological polar surface area (TPSA) is 114 Å². The van der Waals surface area contributed by atoms with Crippen molar-refractivity contribution in [3.05, 3.63) is 11.6 Å². The average molecular weight is 239 g/mol. The fourth-order valence-electron chi connectivity index (χ4n) is 1.65. The molecule has 1 aliphatic heterocycles. The standard InChI is InChI=1S/C9H13N5O3/c1-5-11-8(13-12-5)9(16)14-2-3-17-4-6(14)7(10)15/h6H,2-4H2,1H3,(H2,10,15)(H,11,12,13). The second kappa shape index (κ2) is 4.50. The van der Waals surface area contributed by atoms with Gasteiger partial charge in [-0.3, -0.25) is 14.7 Å². The van der Waals surface area contributed by atoms with Crippen molar-refractivity contribution in [3.8, 4) is 0 Å². The Labute approximate surface area is 97.1 Å². The summed E-state index contributed by atoms with van der Waals surface area (Å²) in [7, 11) is 0. The van der Waals surface area contributed by atoms with Gasteiger partial charge in [-0.2, -0.15) is 0 Å². The molecule has 0 aromatic carbocycles. The Bertz CT molecular complexity index is 444. The number of aryl methyl sites for hydroxylation is 1. The zero-order chi connectivity index (χ0) is 12.4. The van der Waals surface area contributed by atoms with Gasteiger partial charge in [0.15, 0.2) is 0 Å². The van der Waals surface area contributed by atoms with Crippen molar-refractivity contribution in [2.75, 3.05) is 19.8 Å². The molecule has 17 heavy (non-hydrogen) atoms. The molecule has 92 valence electrons. The van der Waals surface area contributed by atoms with E-state index in [2.05, 4.69) is 15.2 Å². The van der Waals surface area contributed by atoms with Crippen LogP contribution in [0.15, 0.2) is 0 Å². The van der Waals surface area contributed by atoms with Crippen LogP contribution in [0.1, 0.15) is 16.4 Å². The van der Waals surface area contributed by atoms with Crippen molar-refractivity contribution >= 4 is 11.8 Å². The maximum Gasteiger partial charge on any atom is 0.294 e. The van der Waals surface area contributed by atoms with Crippen molar-refractivity contribution < 1.29 is 14.3 Å². The van der Waals surface area contributed by atoms with Crippen LogP contribution in [0.4, 0.5) is 0 Å². The van der Waals surface area contributed by atoms with Crippen molar-refractivity contribution in [3.63, 3.8) is 0 Å². The van der Waals surface area contributed by atoms with Gasteiger partial charge in [0.1, 0.15) is 11.9 Å². The summed E-state index contributed by atoms with van der Waals surface area (Å²) >= 11 is 0. The average Bonchev–Trinajstić information content (AvgIpc) is 2.75. The number of morpholine rings is 1. The highest BCUT2D eigenvalue weighted by molar-refractivity contribution is 5.94. The van der Waals surface area contributed by atoms with Crippen LogP contribution in [0.2, 0.25) is 0 Å². The number of carbonyl (C=O) groups excluding carboxylic acids is 2. The second-order valence-corrected chi connectivity index (χ2v) is 3.74. The summed E-state index contributed by atoms with van der Waals surface area (Å²) in [5.41, 5.74) is 5.22. The number of nitrogens with two attached hydrogens (primary N) is 1. The van der Waals surface area contributed by atoms with E-state index < -0.39 is 17.9 Å². The molecular formula is C9H13N5O3. The number of primary amides is 1. The van der Waals surface area contributed by atoms with Gasteiger partial charge in [0.25, 0.3) is 5.91 Å². The first-order valence-corrected chi connectivity index (χ1v) is 5.16. The molecule has 0 bridgehead atoms. The van der Waals surface area contributed by atoms with E-state index >= 15 is 0 Å². The molecule has 1 saturated heterocycles. The lowest BCUT2D eigenvalue weighted by Crippen LogP contribution is -2.54. The minimum absolute atomic E-state index is 0.0376. The van der Waals surface area contributed by atoms with Crippen molar-refractivity contribution in [1.82, 2.24) is 20.1 Å². The van der Waals surface area contributed by atoms with E-state index in [1.165, 1.54) is 4.90 Å². The van der Waals surface area contributed by atoms with Crippen LogP contribution in [-0.2, 0) is 9.53 Å². The van der Waals surface area contributed by atoms with E-state index in [0.717, 1.165) is 0 Å². The molecule has 1 aromatic rings. The monoisotopic (exact) mass is 239 g/mol. The van der Waals surface area contributed by atoms with Gasteiger partial charge in [-0.15, -0.1) is 5.10 Å². The Hall–Kier alpha value is -1.96. The third kappa shape index (κ3) is 2.26. The zero-order valence-electron chi connectivity index (χ0n) is 9.34. The lowest BCUT2D eigenvalue weighted by atomic mass is 10.2. The lowest BCUT2D eigenvalue weighted by Gasteiger charge is -2.32. The number of hydrogen-bond acceptors (Lipinski definition) is 5. The van der Waals surface area contributed by atoms with Crippen LogP contribution in [0.3, 0.4) is 0 Å². The molecule has 1 aromatic heterocycles. The molecule has 8 heteroatoms. The highest BCUT2D eigenvalue weighted by Crippen LogP contribution is 2.10. The number of nitrogens with zero attached hydrogens (tertiary/aromatic N) is 3. The quantitative estimate of drug-likeness (QED) is 0.647. The molecule has 1 atom stereocenters. The highest BCUT2D eigenvalue weighted by atomic mass is 16.5. The van der Waals surface area contributed by atoms with Crippen LogP contribution in [0.25, 0.3) is 0 Å². The lowest BCUT2D eigenvalue weighted by molar-refractivity contribution is -0.127. The number of hydrogen-bond donors (Lipinski definition) is 2. The highest BCUT2D eigenvalue weighted by Gasteiger charge is 2.33. The molecule has 1 unspecified atom stereocenters. The molecule has 2 rings (SSSR count). The molecule has 3 N–H and O–H groups in total. The number of ether oxygens (including phenoxy) is 1. The van der Waals surface area contributed by atoms with Crippen LogP contribution >= 0.6 is 0 Å². The Morgan fingerprint density at radius 3 is 2.94 bits per heavy atom. The molecule has 0 aliphatic carbocycles. The maximum atomic E-state index is 12.0. The van der Waals surface area contributed by atoms with Gasteiger partial charge >= 0.3 is 0 Å². The smallest absolute Gasteiger partial charge is 0.294 e. The van der Waals surface area contributed by atoms with Gasteiger partial charge in [-0.25, -0.2) is 4.98 Å². The van der Waals surface area contributed by atoms with Crippen molar-refractivity contribution in [1.29, 1.82) is 0 Å². The number of amides is 2. The summed E-state index contributed by atoms with van der Waals surface area (Å²) in [4.78, 5) is 28.5. The van der Waals surface area contributed by atoms with E-state index in [1.807, 2.05) is 0 Å². The minimum Gasteiger partial charge on any atom is -0.377 e. The first kappa shape index (κ1) is 11.5. The van der Waals surface area contributed by atoms with Crippen LogP contribution in [-0.4, -0.2) is 57.7 Å². The molecule has 2 amide bonds. The Morgan fingerprint density at radius 2 is 2.35 bits per heavy atom. The summed E-state index contributed by atoms with van der Waals surface area (Å²) in [6.07, 6.45) is 0. The van der Waals surface area contributed by atoms with E-state index in [1.54, 1.807) is 6.92 Å². The molecule has 1 aliphatic rings. The summed E-state index contributed by atoms with van der Waals surface area (Å²) in [6.45, 7) is 2.48. The summed E-state index contributed by atoms with van der Waals surface area (Å²) in [5.74, 6) is -0.431. The molecule has 2 heterocycles. The van der Waals surface area contributed by atoms with Crippen LogP contribution in [0.5, 0.6) is 0 Å². The van der Waals surface area contributed by atoms with E-state index in [4.69, 9.17) is 10.5 Å². The van der Waals surface area contributed by atoms with Gasteiger partial charge in [-0.1, -0.05) is 0 Å². The normalized spacial score (nSPS) is 20.3. The van der Waals surface area contributed by atoms with Gasteiger partial charge in [0.05, 0.1) is 13.2 Å². The summed E-state index contributed by atoms with van der Waals surface area (Å²) in [5, 5.41) is 6.34. The number of nitrogens with one attached hydrogen (secondary N) is 1. The third-order valence-electron chi connectivity index (χ3n) is 2.51. The van der Waals surface area contributed by atoms with E-state index in [0.29, 0.717) is 19.0 Å². The second-order valence-electron chi connectivity index (χ2n) is 3.74. The van der Waals surface area contributed by atoms with Gasteiger partial charge in [-0.05, 0) is 6.92 Å². The molecule has 0 saturated carbocycles. The minimum atomic E-state index is -0.755. The van der Waals surface area contributed by atoms with Gasteiger partial charge < -0.3 is 15.4 Å². The van der Waals surface area contributed by atoms with E-state index in [-0.39, 0.29) is 12.4 Å². The number of H-pyrrole nitrogens is 1. The molecule has 0 radical (unpaired) electrons. The first-order valence-electron chi connectivity index (χ1n) is 5.16. The maximum absolute atomic E-state index is 12.0. The predicted molar refractivity (Wildman–Crippen MR) is 56.0 cm³/mol. The molecule has 8 nitrogen and oxygen atoms in total. The fraction of sp³-hybridized carbons (Fsp3) is 0.556. The molecular weight excluding hydrogens is 226 g/mol. The van der Waals surface area contributed by atoms with Crippen LogP contribution in [0, 0.1) is 6.92 Å². The van der Waals surface area contributed by atoms with Gasteiger partial charge in [0, 0.05) is 6.54 Å². The Balaban J connectivity index is 2.19. The Morgan fingerprint density at radius 1 is 1.59 bits per heavy atom. The summed E-state index contributed by atoms with van der Waals surface area (Å²) < 4.78 is 5.12. The summed E-state index contributed by atoms with van der Waals surface area (Å²) in [6, 6.07) is -0.755. The zero-order valence-corrected chi connectivity index (χ0v) is 9.34. The number of aromatic amines is 1. The van der Waals surface area contributed by atoms with Crippen LogP contribution < -0.4 is 5.73 Å². The molecule has 1 fully saturated rings. The number of aromatic nitrogens is 3. The largest absolute Gasteiger partial charge is 0.377 e. The predicted octanol–water partition coefficient (Wildman–Crippen LogP) is -1.56. The van der Waals surface area contributed by atoms with Gasteiger partial charge in [0.2, 0.25) is 11.7 Å². The number of carbonyl (C=O) groups is 2.